The molecule has 0 saturated carbocycles. The molecule has 4 rings (SSSR count). The number of carbonyl (C=O) groups is 2. The van der Waals surface area contributed by atoms with Crippen LogP contribution in [0.4, 0.5) is 11.6 Å². The van der Waals surface area contributed by atoms with Gasteiger partial charge in [0.25, 0.3) is 11.8 Å². The Hall–Kier alpha value is -3.02. The molecule has 6 heteroatoms. The maximum absolute atomic E-state index is 12.5. The van der Waals surface area contributed by atoms with Gasteiger partial charge in [0, 0.05) is 30.6 Å². The van der Waals surface area contributed by atoms with Gasteiger partial charge in [-0.05, 0) is 24.3 Å². The zero-order chi connectivity index (χ0) is 14.6. The van der Waals surface area contributed by atoms with Gasteiger partial charge < -0.3 is 5.32 Å². The maximum atomic E-state index is 12.5. The Morgan fingerprint density at radius 2 is 1.71 bits per heavy atom. The number of hydrogen-bond acceptors (Lipinski definition) is 4. The number of hydrogen-bond donors (Lipinski definition) is 1. The van der Waals surface area contributed by atoms with Crippen LogP contribution in [0.2, 0.25) is 0 Å². The minimum atomic E-state index is -0.308. The van der Waals surface area contributed by atoms with E-state index in [1.54, 1.807) is 43.7 Å². The van der Waals surface area contributed by atoms with E-state index in [2.05, 4.69) is 15.3 Å². The van der Waals surface area contributed by atoms with Crippen LogP contribution in [0.3, 0.4) is 0 Å². The third-order valence-corrected chi connectivity index (χ3v) is 3.68. The number of pyridine rings is 2. The van der Waals surface area contributed by atoms with Gasteiger partial charge in [-0.2, -0.15) is 0 Å². The predicted molar refractivity (Wildman–Crippen MR) is 77.3 cm³/mol. The van der Waals surface area contributed by atoms with Crippen molar-refractivity contribution in [2.24, 2.45) is 0 Å². The molecule has 2 aliphatic heterocycles. The van der Waals surface area contributed by atoms with Crippen LogP contribution in [0.15, 0.2) is 36.7 Å². The fourth-order valence-corrected chi connectivity index (χ4v) is 2.73. The van der Waals surface area contributed by atoms with Gasteiger partial charge in [0.05, 0.1) is 11.1 Å². The largest absolute Gasteiger partial charge is 0.306 e. The second kappa shape index (κ2) is 3.99. The van der Waals surface area contributed by atoms with E-state index in [-0.39, 0.29) is 11.8 Å². The monoisotopic (exact) mass is 278 g/mol. The fraction of sp³-hybridized carbons (Fsp3) is 0.0667. The highest BCUT2D eigenvalue weighted by atomic mass is 16.2. The molecule has 2 aliphatic rings. The maximum Gasteiger partial charge on any atom is 0.260 e. The molecule has 0 aliphatic carbocycles. The van der Waals surface area contributed by atoms with Crippen molar-refractivity contribution in [2.75, 3.05) is 17.3 Å². The van der Waals surface area contributed by atoms with E-state index in [0.717, 1.165) is 0 Å². The molecule has 21 heavy (non-hydrogen) atoms. The van der Waals surface area contributed by atoms with Gasteiger partial charge in [-0.15, -0.1) is 0 Å². The summed E-state index contributed by atoms with van der Waals surface area (Å²) < 4.78 is 0. The van der Waals surface area contributed by atoms with Crippen molar-refractivity contribution < 1.29 is 9.59 Å². The Morgan fingerprint density at radius 1 is 1.00 bits per heavy atom. The quantitative estimate of drug-likeness (QED) is 0.737. The summed E-state index contributed by atoms with van der Waals surface area (Å²) in [7, 11) is 1.65. The first-order valence-electron chi connectivity index (χ1n) is 6.43. The lowest BCUT2D eigenvalue weighted by atomic mass is 9.98. The normalized spacial score (nSPS) is 19.6. The summed E-state index contributed by atoms with van der Waals surface area (Å²) >= 11 is 0. The van der Waals surface area contributed by atoms with E-state index in [1.807, 2.05) is 0 Å². The second-order valence-corrected chi connectivity index (χ2v) is 4.84. The molecule has 0 radical (unpaired) electrons. The number of nitrogens with zero attached hydrogens (tertiary/aromatic N) is 3. The number of rotatable bonds is 0. The molecular weight excluding hydrogens is 268 g/mol. The number of aromatic nitrogens is 2. The van der Waals surface area contributed by atoms with Crippen LogP contribution in [0.5, 0.6) is 0 Å². The second-order valence-electron chi connectivity index (χ2n) is 4.84. The van der Waals surface area contributed by atoms with E-state index in [1.165, 1.54) is 4.90 Å². The molecular formula is C15H10N4O2. The van der Waals surface area contributed by atoms with Gasteiger partial charge in [0.1, 0.15) is 11.6 Å². The summed E-state index contributed by atoms with van der Waals surface area (Å²) in [4.78, 5) is 34.6. The summed E-state index contributed by atoms with van der Waals surface area (Å²) in [6.45, 7) is 0. The van der Waals surface area contributed by atoms with E-state index in [9.17, 15) is 9.59 Å². The highest BCUT2D eigenvalue weighted by molar-refractivity contribution is 6.49. The molecule has 2 aromatic rings. The Bertz CT molecular complexity index is 841. The van der Waals surface area contributed by atoms with Crippen LogP contribution < -0.4 is 10.2 Å². The lowest BCUT2D eigenvalue weighted by Crippen LogP contribution is -2.22. The lowest BCUT2D eigenvalue weighted by Gasteiger charge is -2.07. The molecule has 0 saturated heterocycles. The molecule has 4 heterocycles. The van der Waals surface area contributed by atoms with Gasteiger partial charge >= 0.3 is 0 Å². The van der Waals surface area contributed by atoms with Crippen molar-refractivity contribution >= 4 is 34.6 Å². The Labute approximate surface area is 120 Å². The third kappa shape index (κ3) is 1.47. The van der Waals surface area contributed by atoms with E-state index in [0.29, 0.717) is 33.9 Å². The summed E-state index contributed by atoms with van der Waals surface area (Å²) in [6, 6.07) is 7.08. The van der Waals surface area contributed by atoms with Gasteiger partial charge in [-0.3, -0.25) is 14.5 Å². The average molecular weight is 278 g/mol. The first kappa shape index (κ1) is 11.8. The summed E-state index contributed by atoms with van der Waals surface area (Å²) in [5, 5.41) is 2.69. The van der Waals surface area contributed by atoms with Gasteiger partial charge in [0.2, 0.25) is 0 Å². The first-order chi connectivity index (χ1) is 10.2. The minimum Gasteiger partial charge on any atom is -0.306 e. The first-order valence-corrected chi connectivity index (χ1v) is 6.43. The topological polar surface area (TPSA) is 75.2 Å². The molecule has 0 spiro atoms. The Morgan fingerprint density at radius 3 is 2.52 bits per heavy atom. The average Bonchev–Trinajstić information content (AvgIpc) is 2.95. The number of fused-ring (bicyclic) bond motifs is 2. The van der Waals surface area contributed by atoms with Crippen LogP contribution in [-0.2, 0) is 9.59 Å². The molecule has 0 aromatic carbocycles. The molecule has 0 fully saturated rings. The molecule has 2 aromatic heterocycles. The SMILES string of the molecule is CN1C(=O)/C(=C2/C(=O)Nc3ncccc32)c2cccnc21. The summed E-state index contributed by atoms with van der Waals surface area (Å²) in [6.07, 6.45) is 3.23. The molecule has 102 valence electrons. The van der Waals surface area contributed by atoms with Gasteiger partial charge in [-0.25, -0.2) is 9.97 Å². The van der Waals surface area contributed by atoms with Crippen LogP contribution >= 0.6 is 0 Å². The van der Waals surface area contributed by atoms with Crippen molar-refractivity contribution in [3.05, 3.63) is 47.8 Å². The number of likely N-dealkylation sites (N-methyl/N-ethyl adjacent to an activating group) is 1. The van der Waals surface area contributed by atoms with Gasteiger partial charge in [0.15, 0.2) is 0 Å². The van der Waals surface area contributed by atoms with Crippen molar-refractivity contribution in [1.82, 2.24) is 9.97 Å². The van der Waals surface area contributed by atoms with Gasteiger partial charge in [-0.1, -0.05) is 0 Å². The summed E-state index contributed by atoms with van der Waals surface area (Å²) in [5.41, 5.74) is 2.06. The van der Waals surface area contributed by atoms with Crippen molar-refractivity contribution in [1.29, 1.82) is 0 Å². The number of anilines is 2. The highest BCUT2D eigenvalue weighted by Crippen LogP contribution is 2.42. The van der Waals surface area contributed by atoms with Crippen LogP contribution in [0.1, 0.15) is 11.1 Å². The molecule has 6 nitrogen and oxygen atoms in total. The summed E-state index contributed by atoms with van der Waals surface area (Å²) in [5.74, 6) is 0.510. The lowest BCUT2D eigenvalue weighted by molar-refractivity contribution is -0.113. The van der Waals surface area contributed by atoms with E-state index < -0.39 is 0 Å². The predicted octanol–water partition coefficient (Wildman–Crippen LogP) is 1.32. The zero-order valence-corrected chi connectivity index (χ0v) is 11.1. The number of carbonyl (C=O) groups excluding carboxylic acids is 2. The minimum absolute atomic E-state index is 0.231. The standard InChI is InChI=1S/C15H10N4O2/c1-19-13-9(5-3-7-17-13)11(15(19)21)10-8-4-2-6-16-12(8)18-14(10)20/h2-7H,1H3,(H,16,18,20)/b11-10+. The Balaban J connectivity index is 2.06. The smallest absolute Gasteiger partial charge is 0.260 e. The zero-order valence-electron chi connectivity index (χ0n) is 11.1. The highest BCUT2D eigenvalue weighted by Gasteiger charge is 2.38. The van der Waals surface area contributed by atoms with Crippen LogP contribution in [0.25, 0.3) is 11.1 Å². The van der Waals surface area contributed by atoms with Crippen molar-refractivity contribution in [3.63, 3.8) is 0 Å². The molecule has 1 N–H and O–H groups in total. The molecule has 0 atom stereocenters. The number of amides is 2. The van der Waals surface area contributed by atoms with Crippen LogP contribution in [0, 0.1) is 0 Å². The van der Waals surface area contributed by atoms with Crippen molar-refractivity contribution in [2.45, 2.75) is 0 Å². The number of nitrogens with one attached hydrogen (secondary N) is 1. The Kier molecular flexibility index (Phi) is 2.24. The van der Waals surface area contributed by atoms with Crippen LogP contribution in [-0.4, -0.2) is 28.8 Å². The van der Waals surface area contributed by atoms with Crippen molar-refractivity contribution in [3.8, 4) is 0 Å². The van der Waals surface area contributed by atoms with E-state index in [4.69, 9.17) is 0 Å². The fourth-order valence-electron chi connectivity index (χ4n) is 2.73. The molecule has 0 bridgehead atoms. The van der Waals surface area contributed by atoms with E-state index >= 15 is 0 Å². The molecule has 2 amide bonds. The third-order valence-electron chi connectivity index (χ3n) is 3.68. The molecule has 0 unspecified atom stereocenters.